The summed E-state index contributed by atoms with van der Waals surface area (Å²) in [5.74, 6) is 0.993. The van der Waals surface area contributed by atoms with Crippen LogP contribution in [0.3, 0.4) is 0 Å². The quantitative estimate of drug-likeness (QED) is 0.567. The van der Waals surface area contributed by atoms with Crippen LogP contribution in [0, 0.1) is 11.7 Å². The first-order chi connectivity index (χ1) is 14.2. The van der Waals surface area contributed by atoms with Crippen LogP contribution in [-0.4, -0.2) is 33.0 Å². The summed E-state index contributed by atoms with van der Waals surface area (Å²) in [5.41, 5.74) is 1.46. The molecule has 1 aliphatic rings. The zero-order valence-electron chi connectivity index (χ0n) is 16.1. The van der Waals surface area contributed by atoms with E-state index in [1.807, 2.05) is 34.9 Å². The van der Waals surface area contributed by atoms with Gasteiger partial charge in [-0.1, -0.05) is 60.6 Å². The molecule has 0 saturated heterocycles. The van der Waals surface area contributed by atoms with Crippen LogP contribution in [0.4, 0.5) is 4.39 Å². The number of aromatic nitrogens is 3. The van der Waals surface area contributed by atoms with Crippen LogP contribution in [-0.2, 0) is 11.3 Å². The molecule has 5 nitrogen and oxygen atoms in total. The largest absolute Gasteiger partial charge is 0.355 e. The normalized spacial score (nSPS) is 13.8. The van der Waals surface area contributed by atoms with Crippen LogP contribution in [0.2, 0.25) is 0 Å². The number of amides is 1. The van der Waals surface area contributed by atoms with E-state index in [0.717, 1.165) is 12.1 Å². The Morgan fingerprint density at radius 1 is 1.10 bits per heavy atom. The molecule has 0 atom stereocenters. The van der Waals surface area contributed by atoms with Crippen molar-refractivity contribution < 1.29 is 9.18 Å². The lowest BCUT2D eigenvalue weighted by Crippen LogP contribution is -2.33. The summed E-state index contributed by atoms with van der Waals surface area (Å²) in [5, 5.41) is 12.1. The Balaban J connectivity index is 1.53. The molecular formula is C22H23FN4OS. The van der Waals surface area contributed by atoms with Crippen molar-refractivity contribution in [3.8, 4) is 11.4 Å². The minimum absolute atomic E-state index is 0.0106. The van der Waals surface area contributed by atoms with Gasteiger partial charge in [0.1, 0.15) is 5.82 Å². The van der Waals surface area contributed by atoms with Crippen molar-refractivity contribution in [2.45, 2.75) is 31.0 Å². The summed E-state index contributed by atoms with van der Waals surface area (Å²) in [4.78, 5) is 12.2. The number of carbonyl (C=O) groups is 1. The van der Waals surface area contributed by atoms with Gasteiger partial charge in [-0.3, -0.25) is 9.36 Å². The van der Waals surface area contributed by atoms with Gasteiger partial charge in [0.05, 0.1) is 17.9 Å². The van der Waals surface area contributed by atoms with E-state index in [2.05, 4.69) is 15.5 Å². The molecular weight excluding hydrogens is 387 g/mol. The predicted octanol–water partition coefficient (Wildman–Crippen LogP) is 4.14. The molecule has 29 heavy (non-hydrogen) atoms. The number of rotatable bonds is 8. The van der Waals surface area contributed by atoms with Crippen molar-refractivity contribution in [1.82, 2.24) is 20.1 Å². The van der Waals surface area contributed by atoms with E-state index >= 15 is 0 Å². The molecule has 1 saturated carbocycles. The van der Waals surface area contributed by atoms with Gasteiger partial charge in [0.25, 0.3) is 0 Å². The fourth-order valence-corrected chi connectivity index (χ4v) is 4.05. The SMILES string of the molecule is O=C(CSc1nnc(-c2ccccc2F)n1Cc1ccccc1)NCC1CCC1. The van der Waals surface area contributed by atoms with Crippen molar-refractivity contribution in [3.63, 3.8) is 0 Å². The summed E-state index contributed by atoms with van der Waals surface area (Å²) in [6, 6.07) is 16.4. The summed E-state index contributed by atoms with van der Waals surface area (Å²) in [6.45, 7) is 1.25. The minimum Gasteiger partial charge on any atom is -0.355 e. The van der Waals surface area contributed by atoms with E-state index in [9.17, 15) is 9.18 Å². The van der Waals surface area contributed by atoms with Crippen LogP contribution >= 0.6 is 11.8 Å². The molecule has 4 rings (SSSR count). The Bertz CT molecular complexity index is 972. The lowest BCUT2D eigenvalue weighted by Gasteiger charge is -2.25. The zero-order valence-corrected chi connectivity index (χ0v) is 16.9. The number of hydrogen-bond donors (Lipinski definition) is 1. The molecule has 0 unspecified atom stereocenters. The lowest BCUT2D eigenvalue weighted by atomic mass is 9.85. The first-order valence-electron chi connectivity index (χ1n) is 9.82. The van der Waals surface area contributed by atoms with E-state index in [0.29, 0.717) is 29.0 Å². The smallest absolute Gasteiger partial charge is 0.230 e. The van der Waals surface area contributed by atoms with Gasteiger partial charge >= 0.3 is 0 Å². The summed E-state index contributed by atoms with van der Waals surface area (Å²) in [7, 11) is 0. The summed E-state index contributed by atoms with van der Waals surface area (Å²) < 4.78 is 16.3. The van der Waals surface area contributed by atoms with Crippen LogP contribution in [0.5, 0.6) is 0 Å². The Morgan fingerprint density at radius 3 is 2.59 bits per heavy atom. The van der Waals surface area contributed by atoms with Gasteiger partial charge in [-0.25, -0.2) is 4.39 Å². The molecule has 150 valence electrons. The van der Waals surface area contributed by atoms with Gasteiger partial charge in [0.15, 0.2) is 11.0 Å². The second-order valence-corrected chi connectivity index (χ2v) is 8.19. The molecule has 1 fully saturated rings. The van der Waals surface area contributed by atoms with Crippen molar-refractivity contribution in [2.75, 3.05) is 12.3 Å². The maximum Gasteiger partial charge on any atom is 0.230 e. The van der Waals surface area contributed by atoms with E-state index in [-0.39, 0.29) is 17.5 Å². The highest BCUT2D eigenvalue weighted by atomic mass is 32.2. The molecule has 0 bridgehead atoms. The molecule has 1 aromatic heterocycles. The molecule has 1 aliphatic carbocycles. The van der Waals surface area contributed by atoms with Crippen LogP contribution in [0.15, 0.2) is 59.8 Å². The second-order valence-electron chi connectivity index (χ2n) is 7.25. The van der Waals surface area contributed by atoms with Crippen molar-refractivity contribution >= 4 is 17.7 Å². The number of hydrogen-bond acceptors (Lipinski definition) is 4. The van der Waals surface area contributed by atoms with Gasteiger partial charge < -0.3 is 5.32 Å². The highest BCUT2D eigenvalue weighted by Gasteiger charge is 2.20. The summed E-state index contributed by atoms with van der Waals surface area (Å²) in [6.07, 6.45) is 3.66. The fraction of sp³-hybridized carbons (Fsp3) is 0.318. The third kappa shape index (κ3) is 4.85. The van der Waals surface area contributed by atoms with Crippen LogP contribution in [0.25, 0.3) is 11.4 Å². The number of halogens is 1. The molecule has 7 heteroatoms. The third-order valence-corrected chi connectivity index (χ3v) is 6.13. The van der Waals surface area contributed by atoms with Gasteiger partial charge in [0, 0.05) is 6.54 Å². The Labute approximate surface area is 173 Å². The van der Waals surface area contributed by atoms with E-state index in [1.165, 1.54) is 37.1 Å². The molecule has 3 aromatic rings. The van der Waals surface area contributed by atoms with Gasteiger partial charge in [0.2, 0.25) is 5.91 Å². The maximum atomic E-state index is 14.4. The Kier molecular flexibility index (Phi) is 6.24. The van der Waals surface area contributed by atoms with Crippen molar-refractivity contribution in [2.24, 2.45) is 5.92 Å². The fourth-order valence-electron chi connectivity index (χ4n) is 3.28. The second kappa shape index (κ2) is 9.22. The maximum absolute atomic E-state index is 14.4. The third-order valence-electron chi connectivity index (χ3n) is 5.16. The highest BCUT2D eigenvalue weighted by Crippen LogP contribution is 2.27. The molecule has 1 amide bonds. The van der Waals surface area contributed by atoms with Gasteiger partial charge in [-0.15, -0.1) is 10.2 Å². The molecule has 2 aromatic carbocycles. The van der Waals surface area contributed by atoms with E-state index in [4.69, 9.17) is 0 Å². The standard InChI is InChI=1S/C22H23FN4OS/c23-19-12-5-4-11-18(19)21-25-26-22(27(21)14-17-7-2-1-3-8-17)29-15-20(28)24-13-16-9-6-10-16/h1-5,7-8,11-12,16H,6,9-10,13-15H2,(H,24,28). The topological polar surface area (TPSA) is 59.8 Å². The zero-order chi connectivity index (χ0) is 20.1. The van der Waals surface area contributed by atoms with Gasteiger partial charge in [-0.2, -0.15) is 0 Å². The molecule has 0 aliphatic heterocycles. The Hall–Kier alpha value is -2.67. The van der Waals surface area contributed by atoms with Crippen LogP contribution < -0.4 is 5.32 Å². The predicted molar refractivity (Wildman–Crippen MR) is 112 cm³/mol. The molecule has 1 N–H and O–H groups in total. The van der Waals surface area contributed by atoms with Crippen molar-refractivity contribution in [1.29, 1.82) is 0 Å². The summed E-state index contributed by atoms with van der Waals surface area (Å²) >= 11 is 1.33. The van der Waals surface area contributed by atoms with E-state index in [1.54, 1.807) is 18.2 Å². The molecule has 0 spiro atoms. The van der Waals surface area contributed by atoms with Crippen LogP contribution in [0.1, 0.15) is 24.8 Å². The number of nitrogens with one attached hydrogen (secondary N) is 1. The first kappa shape index (κ1) is 19.6. The van der Waals surface area contributed by atoms with Crippen molar-refractivity contribution in [3.05, 3.63) is 66.0 Å². The highest BCUT2D eigenvalue weighted by molar-refractivity contribution is 7.99. The number of carbonyl (C=O) groups excluding carboxylic acids is 1. The minimum atomic E-state index is -0.344. The average molecular weight is 411 g/mol. The average Bonchev–Trinajstić information content (AvgIpc) is 3.08. The molecule has 0 radical (unpaired) electrons. The number of thioether (sulfide) groups is 1. The van der Waals surface area contributed by atoms with Gasteiger partial charge in [-0.05, 0) is 36.5 Å². The Morgan fingerprint density at radius 2 is 1.86 bits per heavy atom. The lowest BCUT2D eigenvalue weighted by molar-refractivity contribution is -0.118. The van der Waals surface area contributed by atoms with E-state index < -0.39 is 0 Å². The molecule has 1 heterocycles. The monoisotopic (exact) mass is 410 g/mol. The number of benzene rings is 2. The first-order valence-corrected chi connectivity index (χ1v) is 10.8. The number of nitrogens with zero attached hydrogens (tertiary/aromatic N) is 3.